The number of benzene rings is 2. The minimum atomic E-state index is -0.583. The van der Waals surface area contributed by atoms with Gasteiger partial charge in [-0.25, -0.2) is 0 Å². The van der Waals surface area contributed by atoms with Crippen molar-refractivity contribution in [3.05, 3.63) is 58.6 Å². The molecule has 0 aliphatic heterocycles. The monoisotopic (exact) mass is 472 g/mol. The molecule has 3 rings (SSSR count). The van der Waals surface area contributed by atoms with Crippen molar-refractivity contribution in [2.75, 3.05) is 13.7 Å². The summed E-state index contributed by atoms with van der Waals surface area (Å²) in [6.07, 6.45) is 4.75. The summed E-state index contributed by atoms with van der Waals surface area (Å²) in [4.78, 5) is 28.1. The van der Waals surface area contributed by atoms with Crippen LogP contribution in [0.2, 0.25) is 5.02 Å². The molecule has 0 aromatic heterocycles. The highest BCUT2D eigenvalue weighted by Gasteiger charge is 2.31. The van der Waals surface area contributed by atoms with Crippen molar-refractivity contribution in [1.29, 1.82) is 0 Å². The van der Waals surface area contributed by atoms with Crippen LogP contribution in [-0.4, -0.2) is 42.5 Å². The summed E-state index contributed by atoms with van der Waals surface area (Å²) in [6, 6.07) is 12.4. The molecule has 178 valence electrons. The number of hydrogen-bond acceptors (Lipinski definition) is 4. The summed E-state index contributed by atoms with van der Waals surface area (Å²) >= 11 is 6.09. The topological polar surface area (TPSA) is 67.9 Å². The van der Waals surface area contributed by atoms with Gasteiger partial charge in [-0.2, -0.15) is 0 Å². The van der Waals surface area contributed by atoms with Gasteiger partial charge in [-0.15, -0.1) is 0 Å². The minimum absolute atomic E-state index is 0.108. The highest BCUT2D eigenvalue weighted by atomic mass is 35.5. The van der Waals surface area contributed by atoms with Crippen LogP contribution in [0.4, 0.5) is 0 Å². The van der Waals surface area contributed by atoms with Crippen LogP contribution in [-0.2, 0) is 16.1 Å². The molecule has 6 nitrogen and oxygen atoms in total. The van der Waals surface area contributed by atoms with Gasteiger partial charge in [0, 0.05) is 17.6 Å². The zero-order valence-corrected chi connectivity index (χ0v) is 20.4. The Kier molecular flexibility index (Phi) is 9.01. The Hall–Kier alpha value is -2.73. The second kappa shape index (κ2) is 11.9. The quantitative estimate of drug-likeness (QED) is 0.534. The first-order valence-corrected chi connectivity index (χ1v) is 11.9. The second-order valence-corrected chi connectivity index (χ2v) is 8.89. The van der Waals surface area contributed by atoms with Gasteiger partial charge in [-0.05, 0) is 67.6 Å². The SMILES string of the molecule is CC[C@H](C(=O)NC1CCCC1)N(Cc1cccc(OC)c1)C(=O)COc1ccc(Cl)c(C)c1. The van der Waals surface area contributed by atoms with E-state index >= 15 is 0 Å². The summed E-state index contributed by atoms with van der Waals surface area (Å²) in [5, 5.41) is 3.79. The van der Waals surface area contributed by atoms with Gasteiger partial charge in [0.15, 0.2) is 6.61 Å². The van der Waals surface area contributed by atoms with E-state index in [1.54, 1.807) is 30.2 Å². The molecule has 1 aliphatic carbocycles. The van der Waals surface area contributed by atoms with E-state index < -0.39 is 6.04 Å². The van der Waals surface area contributed by atoms with Crippen LogP contribution in [0.15, 0.2) is 42.5 Å². The Bertz CT molecular complexity index is 959. The van der Waals surface area contributed by atoms with E-state index in [2.05, 4.69) is 5.32 Å². The largest absolute Gasteiger partial charge is 0.497 e. The van der Waals surface area contributed by atoms with E-state index in [1.165, 1.54) is 0 Å². The number of hydrogen-bond donors (Lipinski definition) is 1. The van der Waals surface area contributed by atoms with Crippen LogP contribution in [0.25, 0.3) is 0 Å². The molecule has 0 bridgehead atoms. The van der Waals surface area contributed by atoms with Crippen molar-refractivity contribution < 1.29 is 19.1 Å². The fraction of sp³-hybridized carbons (Fsp3) is 0.462. The second-order valence-electron chi connectivity index (χ2n) is 8.49. The molecule has 1 atom stereocenters. The van der Waals surface area contributed by atoms with Crippen LogP contribution in [0, 0.1) is 6.92 Å². The van der Waals surface area contributed by atoms with Gasteiger partial charge in [0.25, 0.3) is 5.91 Å². The van der Waals surface area contributed by atoms with E-state index in [0.29, 0.717) is 22.9 Å². The molecule has 0 spiro atoms. The molecule has 2 amide bonds. The highest BCUT2D eigenvalue weighted by Crippen LogP contribution is 2.23. The average molecular weight is 473 g/mol. The van der Waals surface area contributed by atoms with Crippen molar-refractivity contribution in [3.8, 4) is 11.5 Å². The Morgan fingerprint density at radius 3 is 2.58 bits per heavy atom. The summed E-state index contributed by atoms with van der Waals surface area (Å²) in [5.41, 5.74) is 1.76. The van der Waals surface area contributed by atoms with E-state index in [4.69, 9.17) is 21.1 Å². The first-order chi connectivity index (χ1) is 15.9. The fourth-order valence-corrected chi connectivity index (χ4v) is 4.31. The number of carbonyl (C=O) groups excluding carboxylic acids is 2. The summed E-state index contributed by atoms with van der Waals surface area (Å²) < 4.78 is 11.1. The van der Waals surface area contributed by atoms with Crippen LogP contribution in [0.5, 0.6) is 11.5 Å². The molecule has 1 N–H and O–H groups in total. The van der Waals surface area contributed by atoms with Gasteiger partial charge in [-0.3, -0.25) is 9.59 Å². The lowest BCUT2D eigenvalue weighted by molar-refractivity contribution is -0.143. The molecule has 1 fully saturated rings. The van der Waals surface area contributed by atoms with Gasteiger partial charge in [0.05, 0.1) is 7.11 Å². The van der Waals surface area contributed by atoms with Gasteiger partial charge >= 0.3 is 0 Å². The smallest absolute Gasteiger partial charge is 0.261 e. The van der Waals surface area contributed by atoms with Crippen LogP contribution in [0.1, 0.15) is 50.2 Å². The third-order valence-electron chi connectivity index (χ3n) is 6.07. The third kappa shape index (κ3) is 6.87. The number of rotatable bonds is 10. The van der Waals surface area contributed by atoms with Crippen molar-refractivity contribution in [2.24, 2.45) is 0 Å². The minimum Gasteiger partial charge on any atom is -0.497 e. The molecule has 2 aromatic carbocycles. The Morgan fingerprint density at radius 2 is 1.91 bits per heavy atom. The lowest BCUT2D eigenvalue weighted by Gasteiger charge is -2.31. The fourth-order valence-electron chi connectivity index (χ4n) is 4.19. The van der Waals surface area contributed by atoms with E-state index in [9.17, 15) is 9.59 Å². The molecule has 7 heteroatoms. The number of nitrogens with zero attached hydrogens (tertiary/aromatic N) is 1. The number of carbonyl (C=O) groups is 2. The third-order valence-corrected chi connectivity index (χ3v) is 6.49. The van der Waals surface area contributed by atoms with E-state index in [1.807, 2.05) is 38.1 Å². The number of methoxy groups -OCH3 is 1. The van der Waals surface area contributed by atoms with Crippen LogP contribution < -0.4 is 14.8 Å². The van der Waals surface area contributed by atoms with Crippen LogP contribution >= 0.6 is 11.6 Å². The van der Waals surface area contributed by atoms with E-state index in [-0.39, 0.29) is 31.0 Å². The Balaban J connectivity index is 1.78. The van der Waals surface area contributed by atoms with Crippen molar-refractivity contribution >= 4 is 23.4 Å². The van der Waals surface area contributed by atoms with Crippen molar-refractivity contribution in [3.63, 3.8) is 0 Å². The maximum atomic E-state index is 13.3. The van der Waals surface area contributed by atoms with E-state index in [0.717, 1.165) is 36.8 Å². The summed E-state index contributed by atoms with van der Waals surface area (Å²) in [7, 11) is 1.61. The zero-order chi connectivity index (χ0) is 23.8. The van der Waals surface area contributed by atoms with Crippen molar-refractivity contribution in [1.82, 2.24) is 10.2 Å². The predicted octanol–water partition coefficient (Wildman–Crippen LogP) is 4.90. The maximum Gasteiger partial charge on any atom is 0.261 e. The molecule has 2 aromatic rings. The molecule has 0 radical (unpaired) electrons. The van der Waals surface area contributed by atoms with Gasteiger partial charge < -0.3 is 19.7 Å². The lowest BCUT2D eigenvalue weighted by atomic mass is 10.1. The van der Waals surface area contributed by atoms with Crippen LogP contribution in [0.3, 0.4) is 0 Å². The van der Waals surface area contributed by atoms with Gasteiger partial charge in [-0.1, -0.05) is 43.5 Å². The predicted molar refractivity (Wildman–Crippen MR) is 130 cm³/mol. The molecular formula is C26H33ClN2O4. The molecule has 33 heavy (non-hydrogen) atoms. The zero-order valence-electron chi connectivity index (χ0n) is 19.6. The first kappa shape index (κ1) is 24.9. The average Bonchev–Trinajstić information content (AvgIpc) is 3.32. The molecule has 0 heterocycles. The normalized spacial score (nSPS) is 14.5. The highest BCUT2D eigenvalue weighted by molar-refractivity contribution is 6.31. The molecule has 1 aliphatic rings. The van der Waals surface area contributed by atoms with Gasteiger partial charge in [0.1, 0.15) is 17.5 Å². The number of aryl methyl sites for hydroxylation is 1. The Morgan fingerprint density at radius 1 is 1.15 bits per heavy atom. The standard InChI is InChI=1S/C26H33ClN2O4/c1-4-24(26(31)28-20-9-5-6-10-20)29(16-19-8-7-11-21(15-19)32-3)25(30)17-33-22-12-13-23(27)18(2)14-22/h7-8,11-15,20,24H,4-6,9-10,16-17H2,1-3H3,(H,28,31)/t24-/m1/s1. The molecular weight excluding hydrogens is 440 g/mol. The number of halogens is 1. The Labute approximate surface area is 201 Å². The summed E-state index contributed by atoms with van der Waals surface area (Å²) in [5.74, 6) is 0.910. The number of amides is 2. The van der Waals surface area contributed by atoms with Crippen molar-refractivity contribution in [2.45, 2.75) is 64.6 Å². The maximum absolute atomic E-state index is 13.3. The molecule has 0 saturated heterocycles. The first-order valence-electron chi connectivity index (χ1n) is 11.5. The molecule has 0 unspecified atom stereocenters. The number of ether oxygens (including phenoxy) is 2. The van der Waals surface area contributed by atoms with Gasteiger partial charge in [0.2, 0.25) is 5.91 Å². The summed E-state index contributed by atoms with van der Waals surface area (Å²) in [6.45, 7) is 3.93. The molecule has 1 saturated carbocycles. The number of nitrogens with one attached hydrogen (secondary N) is 1. The lowest BCUT2D eigenvalue weighted by Crippen LogP contribution is -2.52.